The minimum absolute atomic E-state index is 0.0342. The highest BCUT2D eigenvalue weighted by Crippen LogP contribution is 2.27. The molecule has 2 N–H and O–H groups in total. The minimum Gasteiger partial charge on any atom is -0.491 e. The van der Waals surface area contributed by atoms with Crippen molar-refractivity contribution < 1.29 is 27.5 Å². The van der Waals surface area contributed by atoms with Gasteiger partial charge in [-0.05, 0) is 51.1 Å². The Balaban J connectivity index is 1.97. The summed E-state index contributed by atoms with van der Waals surface area (Å²) >= 11 is 0. The Labute approximate surface area is 225 Å². The normalized spacial score (nSPS) is 21.1. The molecule has 38 heavy (non-hydrogen) atoms. The number of methoxy groups -OCH3 is 1. The molecule has 3 amide bonds. The largest absolute Gasteiger partial charge is 0.491 e. The first-order valence-corrected chi connectivity index (χ1v) is 14.1. The number of hydrogen-bond donors (Lipinski definition) is 2. The molecule has 0 spiro atoms. The SMILES string of the molecule is CO[C@@H]1CN(C)C(=O)c2cc(NS(=O)(=O)c3ccccc3)ccc2OC[C@@H](C)N(C(=O)NC(C)C)C[C@@H]1C. The predicted octanol–water partition coefficient (Wildman–Crippen LogP) is 3.41. The van der Waals surface area contributed by atoms with Gasteiger partial charge in [0.15, 0.2) is 0 Å². The van der Waals surface area contributed by atoms with Crippen LogP contribution in [0, 0.1) is 5.92 Å². The van der Waals surface area contributed by atoms with E-state index in [1.807, 2.05) is 27.7 Å². The highest BCUT2D eigenvalue weighted by atomic mass is 32.2. The average Bonchev–Trinajstić information content (AvgIpc) is 2.87. The van der Waals surface area contributed by atoms with Crippen LogP contribution in [-0.4, -0.2) is 82.2 Å². The molecule has 0 fully saturated rings. The van der Waals surface area contributed by atoms with Crippen LogP contribution in [0.3, 0.4) is 0 Å². The van der Waals surface area contributed by atoms with Gasteiger partial charge in [-0.15, -0.1) is 0 Å². The lowest BCUT2D eigenvalue weighted by molar-refractivity contribution is 0.0165. The van der Waals surface area contributed by atoms with Gasteiger partial charge in [0.2, 0.25) is 0 Å². The predicted molar refractivity (Wildman–Crippen MR) is 146 cm³/mol. The van der Waals surface area contributed by atoms with Gasteiger partial charge in [0.25, 0.3) is 15.9 Å². The highest BCUT2D eigenvalue weighted by molar-refractivity contribution is 7.92. The molecular formula is C27H38N4O6S. The smallest absolute Gasteiger partial charge is 0.317 e. The number of anilines is 1. The van der Waals surface area contributed by atoms with Crippen molar-refractivity contribution in [3.8, 4) is 5.75 Å². The molecule has 1 heterocycles. The number of rotatable bonds is 5. The van der Waals surface area contributed by atoms with Crippen molar-refractivity contribution >= 4 is 27.6 Å². The van der Waals surface area contributed by atoms with Crippen molar-refractivity contribution in [2.24, 2.45) is 5.92 Å². The van der Waals surface area contributed by atoms with E-state index in [2.05, 4.69) is 10.0 Å². The second-order valence-corrected chi connectivity index (χ2v) is 11.7. The summed E-state index contributed by atoms with van der Waals surface area (Å²) in [6.07, 6.45) is -0.339. The molecule has 1 aliphatic heterocycles. The third-order valence-corrected chi connectivity index (χ3v) is 7.82. The summed E-state index contributed by atoms with van der Waals surface area (Å²) in [5, 5.41) is 2.95. The molecule has 11 heteroatoms. The van der Waals surface area contributed by atoms with Crippen LogP contribution < -0.4 is 14.8 Å². The van der Waals surface area contributed by atoms with Crippen LogP contribution in [0.5, 0.6) is 5.75 Å². The number of nitrogens with zero attached hydrogens (tertiary/aromatic N) is 2. The number of amides is 3. The summed E-state index contributed by atoms with van der Waals surface area (Å²) in [5.41, 5.74) is 0.432. The summed E-state index contributed by atoms with van der Waals surface area (Å²) in [6, 6.07) is 12.0. The van der Waals surface area contributed by atoms with Crippen LogP contribution in [0.1, 0.15) is 38.1 Å². The molecule has 2 aromatic rings. The topological polar surface area (TPSA) is 117 Å². The van der Waals surface area contributed by atoms with Crippen molar-refractivity contribution in [1.29, 1.82) is 0 Å². The van der Waals surface area contributed by atoms with E-state index < -0.39 is 10.0 Å². The molecule has 10 nitrogen and oxygen atoms in total. The molecule has 0 radical (unpaired) electrons. The molecule has 0 unspecified atom stereocenters. The number of hydrogen-bond acceptors (Lipinski definition) is 6. The van der Waals surface area contributed by atoms with E-state index >= 15 is 0 Å². The zero-order valence-electron chi connectivity index (χ0n) is 22.8. The van der Waals surface area contributed by atoms with Crippen molar-refractivity contribution in [1.82, 2.24) is 15.1 Å². The Morgan fingerprint density at radius 1 is 1.11 bits per heavy atom. The second-order valence-electron chi connectivity index (χ2n) is 9.98. The summed E-state index contributed by atoms with van der Waals surface area (Å²) < 4.78 is 40.0. The number of urea groups is 1. The molecule has 0 aromatic heterocycles. The molecule has 1 aliphatic rings. The average molecular weight is 547 g/mol. The van der Waals surface area contributed by atoms with Crippen LogP contribution in [-0.2, 0) is 14.8 Å². The number of likely N-dealkylation sites (N-methyl/N-ethyl adjacent to an activating group) is 1. The number of sulfonamides is 1. The van der Waals surface area contributed by atoms with Crippen LogP contribution in [0.2, 0.25) is 0 Å². The fraction of sp³-hybridized carbons (Fsp3) is 0.481. The van der Waals surface area contributed by atoms with Gasteiger partial charge in [-0.2, -0.15) is 0 Å². The number of fused-ring (bicyclic) bond motifs is 1. The molecule has 0 aliphatic carbocycles. The van der Waals surface area contributed by atoms with Gasteiger partial charge in [-0.25, -0.2) is 13.2 Å². The number of carbonyl (C=O) groups is 2. The van der Waals surface area contributed by atoms with Crippen molar-refractivity contribution in [3.63, 3.8) is 0 Å². The molecule has 3 rings (SSSR count). The molecular weight excluding hydrogens is 508 g/mol. The van der Waals surface area contributed by atoms with Crippen molar-refractivity contribution in [3.05, 3.63) is 54.1 Å². The Kier molecular flexibility index (Phi) is 9.61. The van der Waals surface area contributed by atoms with Gasteiger partial charge in [0.1, 0.15) is 12.4 Å². The first-order chi connectivity index (χ1) is 17.9. The lowest BCUT2D eigenvalue weighted by atomic mass is 10.0. The van der Waals surface area contributed by atoms with E-state index in [-0.39, 0.29) is 65.3 Å². The molecule has 3 atom stereocenters. The fourth-order valence-electron chi connectivity index (χ4n) is 4.27. The minimum atomic E-state index is -3.85. The van der Waals surface area contributed by atoms with Gasteiger partial charge in [0, 0.05) is 44.9 Å². The molecule has 208 valence electrons. The maximum atomic E-state index is 13.5. The van der Waals surface area contributed by atoms with Gasteiger partial charge < -0.3 is 24.6 Å². The van der Waals surface area contributed by atoms with E-state index in [1.54, 1.807) is 49.4 Å². The van der Waals surface area contributed by atoms with E-state index in [9.17, 15) is 18.0 Å². The van der Waals surface area contributed by atoms with Gasteiger partial charge in [-0.1, -0.05) is 25.1 Å². The highest BCUT2D eigenvalue weighted by Gasteiger charge is 2.30. The van der Waals surface area contributed by atoms with Gasteiger partial charge >= 0.3 is 6.03 Å². The third-order valence-electron chi connectivity index (χ3n) is 6.42. The first kappa shape index (κ1) is 29.2. The van der Waals surface area contributed by atoms with Gasteiger partial charge in [-0.3, -0.25) is 9.52 Å². The lowest BCUT2D eigenvalue weighted by Gasteiger charge is -2.36. The quantitative estimate of drug-likeness (QED) is 0.594. The standard InChI is InChI=1S/C27H38N4O6S/c1-18(2)28-27(33)31-15-19(3)25(36-6)16-30(5)26(32)23-14-21(12-13-24(23)37-17-20(31)4)29-38(34,35)22-10-8-7-9-11-22/h7-14,18-20,25,29H,15-17H2,1-6H3,(H,28,33)/t19-,20+,25+/m0/s1. The number of benzene rings is 2. The maximum absolute atomic E-state index is 13.5. The number of ether oxygens (including phenoxy) is 2. The Hall–Kier alpha value is -3.31. The lowest BCUT2D eigenvalue weighted by Crippen LogP contribution is -2.52. The van der Waals surface area contributed by atoms with Crippen LogP contribution >= 0.6 is 0 Å². The van der Waals surface area contributed by atoms with Crippen LogP contribution in [0.4, 0.5) is 10.5 Å². The van der Waals surface area contributed by atoms with E-state index in [0.717, 1.165) is 0 Å². The molecule has 0 bridgehead atoms. The first-order valence-electron chi connectivity index (χ1n) is 12.6. The van der Waals surface area contributed by atoms with Crippen LogP contribution in [0.25, 0.3) is 0 Å². The number of carbonyl (C=O) groups excluding carboxylic acids is 2. The van der Waals surface area contributed by atoms with Crippen LogP contribution in [0.15, 0.2) is 53.4 Å². The second kappa shape index (κ2) is 12.5. The monoisotopic (exact) mass is 546 g/mol. The van der Waals surface area contributed by atoms with E-state index in [4.69, 9.17) is 9.47 Å². The summed E-state index contributed by atoms with van der Waals surface area (Å²) in [6.45, 7) is 8.48. The third kappa shape index (κ3) is 7.16. The maximum Gasteiger partial charge on any atom is 0.317 e. The number of nitrogens with one attached hydrogen (secondary N) is 2. The summed E-state index contributed by atoms with van der Waals surface area (Å²) in [4.78, 5) is 29.9. The van der Waals surface area contributed by atoms with Crippen molar-refractivity contribution in [2.75, 3.05) is 38.6 Å². The Bertz CT molecular complexity index is 1220. The fourth-order valence-corrected chi connectivity index (χ4v) is 5.34. The van der Waals surface area contributed by atoms with Gasteiger partial charge in [0.05, 0.1) is 22.6 Å². The zero-order valence-corrected chi connectivity index (χ0v) is 23.6. The zero-order chi connectivity index (χ0) is 28.0. The molecule has 0 saturated heterocycles. The molecule has 0 saturated carbocycles. The Morgan fingerprint density at radius 2 is 1.79 bits per heavy atom. The van der Waals surface area contributed by atoms with Crippen molar-refractivity contribution in [2.45, 2.75) is 50.8 Å². The molecule has 2 aromatic carbocycles. The summed E-state index contributed by atoms with van der Waals surface area (Å²) in [5.74, 6) is -0.126. The van der Waals surface area contributed by atoms with E-state index in [0.29, 0.717) is 12.3 Å². The Morgan fingerprint density at radius 3 is 2.42 bits per heavy atom. The summed E-state index contributed by atoms with van der Waals surface area (Å²) in [7, 11) is -0.613. The van der Waals surface area contributed by atoms with E-state index in [1.165, 1.54) is 23.1 Å².